The second kappa shape index (κ2) is 10.0. The number of ether oxygens (including phenoxy) is 2. The molecule has 0 radical (unpaired) electrons. The zero-order valence-corrected chi connectivity index (χ0v) is 23.3. The Balaban J connectivity index is 1.61. The summed E-state index contributed by atoms with van der Waals surface area (Å²) in [6, 6.07) is 15.7. The molecule has 0 saturated heterocycles. The fourth-order valence-corrected chi connectivity index (χ4v) is 5.03. The SMILES string of the molecule is COc1ccc(-c2ncnc3c2nc(-c2nc4c(-c5ccc(OC)cc5)ncnc4n2C(C)C)n3C(C)C)cc1. The van der Waals surface area contributed by atoms with Crippen LogP contribution in [0.4, 0.5) is 0 Å². The van der Waals surface area contributed by atoms with Crippen molar-refractivity contribution in [2.75, 3.05) is 14.2 Å². The van der Waals surface area contributed by atoms with Crippen molar-refractivity contribution in [3.8, 4) is 45.7 Å². The molecule has 40 heavy (non-hydrogen) atoms. The van der Waals surface area contributed by atoms with Gasteiger partial charge in [-0.15, -0.1) is 0 Å². The number of nitrogens with zero attached hydrogens (tertiary/aromatic N) is 8. The molecule has 6 aromatic rings. The van der Waals surface area contributed by atoms with Crippen molar-refractivity contribution in [1.29, 1.82) is 0 Å². The number of benzene rings is 2. The molecule has 10 nitrogen and oxygen atoms in total. The summed E-state index contributed by atoms with van der Waals surface area (Å²) in [5.41, 5.74) is 6.26. The van der Waals surface area contributed by atoms with Gasteiger partial charge in [-0.1, -0.05) is 0 Å². The number of fused-ring (bicyclic) bond motifs is 2. The lowest BCUT2D eigenvalue weighted by molar-refractivity contribution is 0.415. The molecule has 4 heterocycles. The molecule has 0 aliphatic heterocycles. The van der Waals surface area contributed by atoms with Crippen molar-refractivity contribution in [2.24, 2.45) is 0 Å². The summed E-state index contributed by atoms with van der Waals surface area (Å²) < 4.78 is 14.9. The van der Waals surface area contributed by atoms with Crippen LogP contribution < -0.4 is 9.47 Å². The number of hydrogen-bond acceptors (Lipinski definition) is 8. The first-order chi connectivity index (χ1) is 19.4. The Labute approximate surface area is 231 Å². The van der Waals surface area contributed by atoms with Crippen LogP contribution in [-0.4, -0.2) is 53.3 Å². The molecule has 0 unspecified atom stereocenters. The first-order valence-corrected chi connectivity index (χ1v) is 13.2. The van der Waals surface area contributed by atoms with Gasteiger partial charge in [-0.05, 0) is 76.2 Å². The molecule has 202 valence electrons. The standard InChI is InChI=1S/C30H30N8O2/c1-17(2)37-27-25(23(31-15-33-27)19-7-11-21(39-5)12-8-19)35-29(37)30-36-26-24(20-9-13-22(40-6)14-10-20)32-16-34-28(26)38(30)18(3)4/h7-18H,1-6H3. The van der Waals surface area contributed by atoms with Crippen LogP contribution in [-0.2, 0) is 0 Å². The number of rotatable bonds is 7. The average molecular weight is 535 g/mol. The third kappa shape index (κ3) is 4.12. The lowest BCUT2D eigenvalue weighted by Crippen LogP contribution is -2.10. The van der Waals surface area contributed by atoms with Gasteiger partial charge in [-0.2, -0.15) is 0 Å². The maximum absolute atomic E-state index is 5.34. The van der Waals surface area contributed by atoms with Gasteiger partial charge in [-0.3, -0.25) is 0 Å². The van der Waals surface area contributed by atoms with Gasteiger partial charge in [0, 0.05) is 23.2 Å². The summed E-state index contributed by atoms with van der Waals surface area (Å²) >= 11 is 0. The zero-order valence-electron chi connectivity index (χ0n) is 23.3. The van der Waals surface area contributed by atoms with Crippen LogP contribution in [0.1, 0.15) is 39.8 Å². The van der Waals surface area contributed by atoms with Crippen molar-refractivity contribution in [3.05, 3.63) is 61.2 Å². The minimum Gasteiger partial charge on any atom is -0.497 e. The maximum Gasteiger partial charge on any atom is 0.179 e. The van der Waals surface area contributed by atoms with E-state index in [4.69, 9.17) is 19.4 Å². The van der Waals surface area contributed by atoms with E-state index in [1.165, 1.54) is 0 Å². The van der Waals surface area contributed by atoms with Crippen LogP contribution in [0.3, 0.4) is 0 Å². The maximum atomic E-state index is 5.34. The van der Waals surface area contributed by atoms with Crippen LogP contribution in [0.2, 0.25) is 0 Å². The van der Waals surface area contributed by atoms with Crippen LogP contribution in [0.25, 0.3) is 56.5 Å². The van der Waals surface area contributed by atoms with Crippen LogP contribution in [0, 0.1) is 0 Å². The van der Waals surface area contributed by atoms with Crippen molar-refractivity contribution in [1.82, 2.24) is 39.0 Å². The van der Waals surface area contributed by atoms with Crippen LogP contribution in [0.15, 0.2) is 61.2 Å². The monoisotopic (exact) mass is 534 g/mol. The average Bonchev–Trinajstić information content (AvgIpc) is 3.56. The van der Waals surface area contributed by atoms with Gasteiger partial charge in [0.2, 0.25) is 0 Å². The van der Waals surface area contributed by atoms with Crippen molar-refractivity contribution < 1.29 is 9.47 Å². The van der Waals surface area contributed by atoms with Crippen molar-refractivity contribution in [2.45, 2.75) is 39.8 Å². The normalized spacial score (nSPS) is 11.7. The summed E-state index contributed by atoms with van der Waals surface area (Å²) in [4.78, 5) is 28.9. The molecule has 2 aromatic carbocycles. The fourth-order valence-electron chi connectivity index (χ4n) is 5.03. The Morgan fingerprint density at radius 1 is 0.550 bits per heavy atom. The highest BCUT2D eigenvalue weighted by Gasteiger charge is 2.27. The fraction of sp³-hybridized carbons (Fsp3) is 0.267. The van der Waals surface area contributed by atoms with E-state index in [2.05, 4.69) is 56.8 Å². The summed E-state index contributed by atoms with van der Waals surface area (Å²) in [6.45, 7) is 8.46. The highest BCUT2D eigenvalue weighted by molar-refractivity contribution is 5.92. The second-order valence-electron chi connectivity index (χ2n) is 10.0. The molecule has 0 atom stereocenters. The molecule has 0 aliphatic rings. The molecular weight excluding hydrogens is 504 g/mol. The van der Waals surface area contributed by atoms with E-state index < -0.39 is 0 Å². The molecule has 4 aromatic heterocycles. The predicted molar refractivity (Wildman–Crippen MR) is 154 cm³/mol. The largest absolute Gasteiger partial charge is 0.497 e. The zero-order chi connectivity index (χ0) is 28.0. The van der Waals surface area contributed by atoms with Crippen molar-refractivity contribution in [3.63, 3.8) is 0 Å². The van der Waals surface area contributed by atoms with Crippen LogP contribution >= 0.6 is 0 Å². The third-order valence-electron chi connectivity index (χ3n) is 6.91. The summed E-state index contributed by atoms with van der Waals surface area (Å²) in [6.07, 6.45) is 3.18. The lowest BCUT2D eigenvalue weighted by Gasteiger charge is -2.15. The summed E-state index contributed by atoms with van der Waals surface area (Å²) in [7, 11) is 3.31. The van der Waals surface area contributed by atoms with E-state index >= 15 is 0 Å². The van der Waals surface area contributed by atoms with Gasteiger partial charge < -0.3 is 18.6 Å². The van der Waals surface area contributed by atoms with E-state index in [0.717, 1.165) is 45.3 Å². The Bertz CT molecular complexity index is 1680. The molecule has 0 bridgehead atoms. The highest BCUT2D eigenvalue weighted by atomic mass is 16.5. The topological polar surface area (TPSA) is 106 Å². The summed E-state index contributed by atoms with van der Waals surface area (Å²) in [5, 5.41) is 0. The molecule has 6 rings (SSSR count). The molecule has 0 aliphatic carbocycles. The highest BCUT2D eigenvalue weighted by Crippen LogP contribution is 2.36. The van der Waals surface area contributed by atoms with E-state index in [-0.39, 0.29) is 12.1 Å². The summed E-state index contributed by atoms with van der Waals surface area (Å²) in [5.74, 6) is 2.96. The smallest absolute Gasteiger partial charge is 0.179 e. The number of imidazole rings is 2. The Morgan fingerprint density at radius 2 is 0.925 bits per heavy atom. The molecule has 0 saturated carbocycles. The third-order valence-corrected chi connectivity index (χ3v) is 6.91. The minimum atomic E-state index is 0.0613. The van der Waals surface area contributed by atoms with Crippen LogP contribution in [0.5, 0.6) is 11.5 Å². The first-order valence-electron chi connectivity index (χ1n) is 13.2. The first kappa shape index (κ1) is 25.4. The lowest BCUT2D eigenvalue weighted by atomic mass is 10.1. The number of hydrogen-bond donors (Lipinski definition) is 0. The molecule has 0 amide bonds. The Hall–Kier alpha value is -4.86. The van der Waals surface area contributed by atoms with E-state index in [1.807, 2.05) is 48.5 Å². The molecular formula is C30H30N8O2. The molecule has 0 fully saturated rings. The van der Waals surface area contributed by atoms with E-state index in [1.54, 1.807) is 26.9 Å². The number of methoxy groups -OCH3 is 2. The Morgan fingerprint density at radius 3 is 1.25 bits per heavy atom. The Kier molecular flexibility index (Phi) is 6.37. The molecule has 0 spiro atoms. The van der Waals surface area contributed by atoms with Gasteiger partial charge in [-0.25, -0.2) is 29.9 Å². The van der Waals surface area contributed by atoms with Gasteiger partial charge in [0.25, 0.3) is 0 Å². The van der Waals surface area contributed by atoms with E-state index in [9.17, 15) is 0 Å². The van der Waals surface area contributed by atoms with E-state index in [0.29, 0.717) is 22.7 Å². The number of aromatic nitrogens is 8. The molecule has 0 N–H and O–H groups in total. The minimum absolute atomic E-state index is 0.0613. The van der Waals surface area contributed by atoms with Crippen molar-refractivity contribution >= 4 is 22.3 Å². The van der Waals surface area contributed by atoms with Gasteiger partial charge in [0.05, 0.1) is 14.2 Å². The molecule has 10 heteroatoms. The predicted octanol–water partition coefficient (Wildman–Crippen LogP) is 6.15. The second-order valence-corrected chi connectivity index (χ2v) is 10.0. The quantitative estimate of drug-likeness (QED) is 0.240. The van der Waals surface area contributed by atoms with Gasteiger partial charge >= 0.3 is 0 Å². The van der Waals surface area contributed by atoms with Gasteiger partial charge in [0.1, 0.15) is 46.6 Å². The van der Waals surface area contributed by atoms with Gasteiger partial charge in [0.15, 0.2) is 22.9 Å².